The quantitative estimate of drug-likeness (QED) is 0.659. The number of halogens is 1. The molecule has 1 aliphatic heterocycles. The van der Waals surface area contributed by atoms with E-state index in [9.17, 15) is 9.90 Å². The summed E-state index contributed by atoms with van der Waals surface area (Å²) in [5.41, 5.74) is 2.33. The molecule has 2 N–H and O–H groups in total. The van der Waals surface area contributed by atoms with Gasteiger partial charge in [0.25, 0.3) is 0 Å². The molecule has 0 radical (unpaired) electrons. The lowest BCUT2D eigenvalue weighted by molar-refractivity contribution is -0.120. The van der Waals surface area contributed by atoms with Crippen molar-refractivity contribution in [3.8, 4) is 5.75 Å². The topological polar surface area (TPSA) is 83.3 Å². The molecule has 2 aromatic heterocycles. The Hall–Kier alpha value is -2.80. The molecule has 0 spiro atoms. The van der Waals surface area contributed by atoms with Crippen LogP contribution in [0.15, 0.2) is 30.3 Å². The highest BCUT2D eigenvalue weighted by Crippen LogP contribution is 2.31. The number of aryl methyl sites for hydroxylation is 2. The van der Waals surface area contributed by atoms with E-state index < -0.39 is 0 Å². The summed E-state index contributed by atoms with van der Waals surface area (Å²) < 4.78 is 1.75. The number of aromatic hydroxyl groups is 1. The first-order chi connectivity index (χ1) is 13.4. The van der Waals surface area contributed by atoms with E-state index in [1.807, 2.05) is 20.0 Å². The van der Waals surface area contributed by atoms with Gasteiger partial charge in [0.15, 0.2) is 5.65 Å². The molecule has 8 heteroatoms. The molecule has 0 atom stereocenters. The Morgan fingerprint density at radius 1 is 1.25 bits per heavy atom. The molecule has 1 saturated heterocycles. The zero-order chi connectivity index (χ0) is 19.8. The number of amides is 1. The van der Waals surface area contributed by atoms with Crippen molar-refractivity contribution in [2.75, 3.05) is 23.3 Å². The maximum atomic E-state index is 12.5. The SMILES string of the molecule is Cc1nn(C)c2nc(N3CCC(C(=O)Nc4ccc(O)cc4)CC3)cc(Cl)c12. The number of nitrogens with zero attached hydrogens (tertiary/aromatic N) is 4. The van der Waals surface area contributed by atoms with Crippen LogP contribution in [0.3, 0.4) is 0 Å². The van der Waals surface area contributed by atoms with Crippen LogP contribution < -0.4 is 10.2 Å². The molecule has 7 nitrogen and oxygen atoms in total. The summed E-state index contributed by atoms with van der Waals surface area (Å²) in [4.78, 5) is 19.4. The van der Waals surface area contributed by atoms with E-state index in [4.69, 9.17) is 16.6 Å². The van der Waals surface area contributed by atoms with Crippen LogP contribution in [0.2, 0.25) is 5.02 Å². The van der Waals surface area contributed by atoms with Gasteiger partial charge in [0.2, 0.25) is 5.91 Å². The minimum atomic E-state index is -0.0526. The van der Waals surface area contributed by atoms with E-state index in [2.05, 4.69) is 15.3 Å². The minimum Gasteiger partial charge on any atom is -0.508 e. The van der Waals surface area contributed by atoms with Crippen LogP contribution in [-0.4, -0.2) is 38.9 Å². The van der Waals surface area contributed by atoms with Crippen molar-refractivity contribution in [3.05, 3.63) is 41.0 Å². The Bertz CT molecular complexity index is 1020. The molecule has 146 valence electrons. The number of phenolic OH excluding ortho intramolecular Hbond substituents is 1. The number of rotatable bonds is 3. The first-order valence-electron chi connectivity index (χ1n) is 9.27. The molecule has 1 fully saturated rings. The second-order valence-corrected chi connectivity index (χ2v) is 7.57. The highest BCUT2D eigenvalue weighted by molar-refractivity contribution is 6.35. The molecule has 28 heavy (non-hydrogen) atoms. The number of fused-ring (bicyclic) bond motifs is 1. The van der Waals surface area contributed by atoms with Crippen molar-refractivity contribution < 1.29 is 9.90 Å². The lowest BCUT2D eigenvalue weighted by Gasteiger charge is -2.32. The summed E-state index contributed by atoms with van der Waals surface area (Å²) in [5.74, 6) is 0.952. The maximum Gasteiger partial charge on any atom is 0.227 e. The van der Waals surface area contributed by atoms with Gasteiger partial charge in [0, 0.05) is 37.8 Å². The van der Waals surface area contributed by atoms with Gasteiger partial charge in [0.05, 0.1) is 16.1 Å². The van der Waals surface area contributed by atoms with E-state index in [0.717, 1.165) is 48.5 Å². The number of hydrogen-bond acceptors (Lipinski definition) is 5. The molecule has 0 aliphatic carbocycles. The average Bonchev–Trinajstić information content (AvgIpc) is 2.98. The van der Waals surface area contributed by atoms with Gasteiger partial charge in [-0.25, -0.2) is 4.98 Å². The van der Waals surface area contributed by atoms with Crippen molar-refractivity contribution in [2.45, 2.75) is 19.8 Å². The molecular formula is C20H22ClN5O2. The molecule has 0 bridgehead atoms. The molecule has 0 unspecified atom stereocenters. The second-order valence-electron chi connectivity index (χ2n) is 7.17. The summed E-state index contributed by atoms with van der Waals surface area (Å²) in [6, 6.07) is 8.39. The van der Waals surface area contributed by atoms with Crippen LogP contribution in [0.25, 0.3) is 11.0 Å². The van der Waals surface area contributed by atoms with Crippen molar-refractivity contribution in [1.29, 1.82) is 0 Å². The lowest BCUT2D eigenvalue weighted by Crippen LogP contribution is -2.38. The summed E-state index contributed by atoms with van der Waals surface area (Å²) in [6.45, 7) is 3.40. The van der Waals surface area contributed by atoms with Gasteiger partial charge >= 0.3 is 0 Å². The van der Waals surface area contributed by atoms with Crippen molar-refractivity contribution >= 4 is 40.0 Å². The molecule has 0 saturated carbocycles. The number of anilines is 2. The minimum absolute atomic E-state index is 0.00837. The molecule has 1 aliphatic rings. The number of nitrogens with one attached hydrogen (secondary N) is 1. The standard InChI is InChI=1S/C20H22ClN5O2/c1-12-18-16(21)11-17(23-19(18)25(2)24-12)26-9-7-13(8-10-26)20(28)22-14-3-5-15(27)6-4-14/h3-6,11,13,27H,7-10H2,1-2H3,(H,22,28). The van der Waals surface area contributed by atoms with E-state index in [-0.39, 0.29) is 17.6 Å². The Kier molecular flexibility index (Phi) is 4.85. The predicted molar refractivity (Wildman–Crippen MR) is 110 cm³/mol. The highest BCUT2D eigenvalue weighted by Gasteiger charge is 2.26. The van der Waals surface area contributed by atoms with Crippen LogP contribution in [0.1, 0.15) is 18.5 Å². The summed E-state index contributed by atoms with van der Waals surface area (Å²) in [6.07, 6.45) is 1.48. The third-order valence-electron chi connectivity index (χ3n) is 5.23. The van der Waals surface area contributed by atoms with Crippen LogP contribution >= 0.6 is 11.6 Å². The molecule has 3 heterocycles. The molecule has 4 rings (SSSR count). The zero-order valence-corrected chi connectivity index (χ0v) is 16.6. The molecule has 1 amide bonds. The second kappa shape index (κ2) is 7.31. The Morgan fingerprint density at radius 3 is 2.61 bits per heavy atom. The van der Waals surface area contributed by atoms with Crippen molar-refractivity contribution in [3.63, 3.8) is 0 Å². The molecular weight excluding hydrogens is 378 g/mol. The lowest BCUT2D eigenvalue weighted by atomic mass is 9.95. The van der Waals surface area contributed by atoms with Gasteiger partial charge in [-0.1, -0.05) is 11.6 Å². The van der Waals surface area contributed by atoms with Gasteiger partial charge in [0.1, 0.15) is 11.6 Å². The Labute approximate surface area is 167 Å². The largest absolute Gasteiger partial charge is 0.508 e. The smallest absolute Gasteiger partial charge is 0.227 e. The van der Waals surface area contributed by atoms with E-state index >= 15 is 0 Å². The third-order valence-corrected chi connectivity index (χ3v) is 5.53. The van der Waals surface area contributed by atoms with Gasteiger partial charge < -0.3 is 15.3 Å². The fourth-order valence-electron chi connectivity index (χ4n) is 3.70. The van der Waals surface area contributed by atoms with Crippen LogP contribution in [0.4, 0.5) is 11.5 Å². The highest BCUT2D eigenvalue weighted by atomic mass is 35.5. The predicted octanol–water partition coefficient (Wildman–Crippen LogP) is 3.49. The number of carbonyl (C=O) groups is 1. The first kappa shape index (κ1) is 18.6. The van der Waals surface area contributed by atoms with Gasteiger partial charge in [-0.2, -0.15) is 5.10 Å². The van der Waals surface area contributed by atoms with Crippen LogP contribution in [0.5, 0.6) is 5.75 Å². The van der Waals surface area contributed by atoms with Gasteiger partial charge in [-0.05, 0) is 44.0 Å². The fourth-order valence-corrected chi connectivity index (χ4v) is 4.02. The fraction of sp³-hybridized carbons (Fsp3) is 0.350. The number of hydrogen-bond donors (Lipinski definition) is 2. The summed E-state index contributed by atoms with van der Waals surface area (Å²) >= 11 is 6.48. The number of piperidine rings is 1. The van der Waals surface area contributed by atoms with Gasteiger partial charge in [-0.15, -0.1) is 0 Å². The van der Waals surface area contributed by atoms with Crippen molar-refractivity contribution in [1.82, 2.24) is 14.8 Å². The van der Waals surface area contributed by atoms with Gasteiger partial charge in [-0.3, -0.25) is 9.48 Å². The van der Waals surface area contributed by atoms with E-state index in [1.165, 1.54) is 0 Å². The van der Waals surface area contributed by atoms with E-state index in [0.29, 0.717) is 10.7 Å². The number of aromatic nitrogens is 3. The Morgan fingerprint density at radius 2 is 1.93 bits per heavy atom. The Balaban J connectivity index is 1.44. The maximum absolute atomic E-state index is 12.5. The number of pyridine rings is 1. The molecule has 3 aromatic rings. The average molecular weight is 400 g/mol. The van der Waals surface area contributed by atoms with Crippen LogP contribution in [-0.2, 0) is 11.8 Å². The number of phenols is 1. The monoisotopic (exact) mass is 399 g/mol. The third kappa shape index (κ3) is 3.49. The van der Waals surface area contributed by atoms with E-state index in [1.54, 1.807) is 28.9 Å². The van der Waals surface area contributed by atoms with Crippen molar-refractivity contribution in [2.24, 2.45) is 13.0 Å². The summed E-state index contributed by atoms with van der Waals surface area (Å²) in [7, 11) is 1.86. The zero-order valence-electron chi connectivity index (χ0n) is 15.8. The normalized spacial score (nSPS) is 15.2. The number of benzene rings is 1. The van der Waals surface area contributed by atoms with Crippen LogP contribution in [0, 0.1) is 12.8 Å². The first-order valence-corrected chi connectivity index (χ1v) is 9.65. The molecule has 1 aromatic carbocycles. The summed E-state index contributed by atoms with van der Waals surface area (Å²) in [5, 5.41) is 18.2. The number of carbonyl (C=O) groups excluding carboxylic acids is 1.